The lowest BCUT2D eigenvalue weighted by atomic mass is 10.0. The van der Waals surface area contributed by atoms with E-state index in [0.29, 0.717) is 11.1 Å². The summed E-state index contributed by atoms with van der Waals surface area (Å²) < 4.78 is 10.2. The van der Waals surface area contributed by atoms with Gasteiger partial charge in [0.1, 0.15) is 5.60 Å². The first-order valence-corrected chi connectivity index (χ1v) is 9.26. The van der Waals surface area contributed by atoms with Crippen molar-refractivity contribution < 1.29 is 23.9 Å². The molecule has 0 bridgehead atoms. The fraction of sp³-hybridized carbons (Fsp3) is 0.208. The minimum atomic E-state index is -0.847. The molecule has 0 aliphatic rings. The second kappa shape index (κ2) is 9.22. The van der Waals surface area contributed by atoms with Crippen molar-refractivity contribution in [3.8, 4) is 0 Å². The van der Waals surface area contributed by atoms with Gasteiger partial charge in [-0.25, -0.2) is 14.5 Å². The number of anilines is 1. The zero-order valence-corrected chi connectivity index (χ0v) is 17.6. The van der Waals surface area contributed by atoms with Crippen molar-refractivity contribution in [2.75, 3.05) is 12.0 Å². The molecule has 0 aromatic heterocycles. The van der Waals surface area contributed by atoms with Gasteiger partial charge < -0.3 is 9.47 Å². The first-order valence-electron chi connectivity index (χ1n) is 9.26. The van der Waals surface area contributed by atoms with Crippen molar-refractivity contribution >= 4 is 35.8 Å². The Bertz CT molecular complexity index is 1000. The Morgan fingerprint density at radius 2 is 1.60 bits per heavy atom. The number of carbonyl (C=O) groups excluding carboxylic acids is 3. The molecule has 0 spiro atoms. The molecule has 0 heterocycles. The average Bonchev–Trinajstić information content (AvgIpc) is 2.71. The van der Waals surface area contributed by atoms with Crippen LogP contribution in [-0.2, 0) is 9.47 Å². The van der Waals surface area contributed by atoms with Crippen molar-refractivity contribution in [1.29, 1.82) is 0 Å². The smallest absolute Gasteiger partial charge is 0.422 e. The summed E-state index contributed by atoms with van der Waals surface area (Å²) in [7, 11) is 1.27. The maximum absolute atomic E-state index is 13.4. The van der Waals surface area contributed by atoms with E-state index in [-0.39, 0.29) is 16.8 Å². The molecule has 0 saturated heterocycles. The van der Waals surface area contributed by atoms with E-state index in [0.717, 1.165) is 4.90 Å². The van der Waals surface area contributed by atoms with Gasteiger partial charge >= 0.3 is 12.1 Å². The van der Waals surface area contributed by atoms with Crippen LogP contribution < -0.4 is 4.90 Å². The van der Waals surface area contributed by atoms with Crippen LogP contribution in [-0.4, -0.2) is 30.7 Å². The van der Waals surface area contributed by atoms with Gasteiger partial charge in [-0.2, -0.15) is 0 Å². The highest BCUT2D eigenvalue weighted by molar-refractivity contribution is 6.21. The number of benzene rings is 2. The summed E-state index contributed by atoms with van der Waals surface area (Å²) in [5.41, 5.74) is 0.921. The number of amides is 2. The second-order valence-corrected chi connectivity index (χ2v) is 7.38. The highest BCUT2D eigenvalue weighted by Crippen LogP contribution is 2.28. The van der Waals surface area contributed by atoms with Gasteiger partial charge in [-0.1, -0.05) is 43.5 Å². The van der Waals surface area contributed by atoms with Crippen LogP contribution in [0.1, 0.15) is 52.6 Å². The Hall–Kier alpha value is -3.67. The van der Waals surface area contributed by atoms with Crippen LogP contribution in [0.15, 0.2) is 55.6 Å². The van der Waals surface area contributed by atoms with E-state index in [1.165, 1.54) is 37.5 Å². The van der Waals surface area contributed by atoms with Gasteiger partial charge in [-0.3, -0.25) is 4.79 Å². The molecule has 0 aliphatic carbocycles. The molecule has 2 aromatic carbocycles. The number of hydrogen-bond donors (Lipinski definition) is 0. The molecule has 0 aliphatic heterocycles. The minimum Gasteiger partial charge on any atom is -0.465 e. The van der Waals surface area contributed by atoms with Crippen molar-refractivity contribution in [2.24, 2.45) is 0 Å². The number of nitrogens with zero attached hydrogens (tertiary/aromatic N) is 1. The maximum atomic E-state index is 13.4. The molecule has 2 aromatic rings. The van der Waals surface area contributed by atoms with Gasteiger partial charge in [-0.15, -0.1) is 0 Å². The van der Waals surface area contributed by atoms with E-state index >= 15 is 0 Å². The van der Waals surface area contributed by atoms with Crippen molar-refractivity contribution in [3.05, 3.63) is 77.9 Å². The summed E-state index contributed by atoms with van der Waals surface area (Å²) in [6.45, 7) is 12.6. The quantitative estimate of drug-likeness (QED) is 0.626. The third-order valence-corrected chi connectivity index (χ3v) is 4.10. The third-order valence-electron chi connectivity index (χ3n) is 4.10. The van der Waals surface area contributed by atoms with Crippen LogP contribution in [0.3, 0.4) is 0 Å². The average molecular weight is 407 g/mol. The van der Waals surface area contributed by atoms with Crippen molar-refractivity contribution in [2.45, 2.75) is 26.4 Å². The van der Waals surface area contributed by atoms with Crippen LogP contribution in [0.25, 0.3) is 12.2 Å². The van der Waals surface area contributed by atoms with Gasteiger partial charge in [-0.05, 0) is 56.2 Å². The van der Waals surface area contributed by atoms with E-state index in [1.54, 1.807) is 45.0 Å². The van der Waals surface area contributed by atoms with E-state index in [4.69, 9.17) is 9.47 Å². The number of ether oxygens (including phenoxy) is 2. The molecule has 2 rings (SSSR count). The van der Waals surface area contributed by atoms with Crippen LogP contribution in [0, 0.1) is 0 Å². The first-order chi connectivity index (χ1) is 14.1. The van der Waals surface area contributed by atoms with Gasteiger partial charge in [0, 0.05) is 5.56 Å². The largest absolute Gasteiger partial charge is 0.465 e. The van der Waals surface area contributed by atoms with Gasteiger partial charge in [0.05, 0.1) is 18.4 Å². The summed E-state index contributed by atoms with van der Waals surface area (Å²) in [6.07, 6.45) is 2.14. The van der Waals surface area contributed by atoms with Crippen molar-refractivity contribution in [1.82, 2.24) is 0 Å². The first kappa shape index (κ1) is 22.6. The molecule has 0 N–H and O–H groups in total. The van der Waals surface area contributed by atoms with E-state index < -0.39 is 23.6 Å². The molecule has 2 amide bonds. The molecule has 30 heavy (non-hydrogen) atoms. The number of imide groups is 1. The lowest BCUT2D eigenvalue weighted by molar-refractivity contribution is 0.0562. The highest BCUT2D eigenvalue weighted by Gasteiger charge is 2.32. The highest BCUT2D eigenvalue weighted by atomic mass is 16.6. The number of carbonyl (C=O) groups is 3. The molecular weight excluding hydrogens is 382 g/mol. The summed E-state index contributed by atoms with van der Waals surface area (Å²) in [4.78, 5) is 39.3. The number of hydrogen-bond acceptors (Lipinski definition) is 5. The molecular formula is C24H25NO5. The molecule has 6 nitrogen and oxygen atoms in total. The second-order valence-electron chi connectivity index (χ2n) is 7.38. The van der Waals surface area contributed by atoms with Crippen LogP contribution in [0.5, 0.6) is 0 Å². The predicted octanol–water partition coefficient (Wildman–Crippen LogP) is 5.34. The third kappa shape index (κ3) is 5.03. The molecule has 0 fully saturated rings. The topological polar surface area (TPSA) is 72.9 Å². The summed E-state index contributed by atoms with van der Waals surface area (Å²) in [5.74, 6) is -1.13. The lowest BCUT2D eigenvalue weighted by Gasteiger charge is -2.27. The summed E-state index contributed by atoms with van der Waals surface area (Å²) in [5, 5.41) is 0. The summed E-state index contributed by atoms with van der Waals surface area (Å²) in [6, 6.07) is 11.3. The predicted molar refractivity (Wildman–Crippen MR) is 117 cm³/mol. The van der Waals surface area contributed by atoms with E-state index in [2.05, 4.69) is 13.2 Å². The molecule has 0 radical (unpaired) electrons. The Morgan fingerprint density at radius 1 is 0.967 bits per heavy atom. The molecule has 0 unspecified atom stereocenters. The molecule has 0 saturated carbocycles. The fourth-order valence-electron chi connectivity index (χ4n) is 2.75. The number of methoxy groups -OCH3 is 1. The van der Waals surface area contributed by atoms with Crippen molar-refractivity contribution in [3.63, 3.8) is 0 Å². The Kier molecular flexibility index (Phi) is 6.95. The van der Waals surface area contributed by atoms with E-state index in [9.17, 15) is 14.4 Å². The normalized spacial score (nSPS) is 10.7. The Morgan fingerprint density at radius 3 is 2.17 bits per heavy atom. The number of rotatable bonds is 5. The number of esters is 1. The monoisotopic (exact) mass is 407 g/mol. The standard InChI is InChI=1S/C24H25NO5/c1-7-16-11-9-10-12-19(16)21(26)25(23(28)30-24(3,4)5)20-14-13-18(22(27)29-6)15-17(20)8-2/h7-15H,1-2H2,3-6H3. The molecule has 156 valence electrons. The summed E-state index contributed by atoms with van der Waals surface area (Å²) >= 11 is 0. The molecule has 6 heteroatoms. The Balaban J connectivity index is 2.66. The minimum absolute atomic E-state index is 0.232. The van der Waals surface area contributed by atoms with Gasteiger partial charge in [0.2, 0.25) is 0 Å². The van der Waals surface area contributed by atoms with Gasteiger partial charge in [0.15, 0.2) is 0 Å². The van der Waals surface area contributed by atoms with Crippen LogP contribution in [0.4, 0.5) is 10.5 Å². The fourth-order valence-corrected chi connectivity index (χ4v) is 2.75. The SMILES string of the molecule is C=Cc1ccccc1C(=O)N(C(=O)OC(C)(C)C)c1ccc(C(=O)OC)cc1C=C. The van der Waals surface area contributed by atoms with Gasteiger partial charge in [0.25, 0.3) is 5.91 Å². The van der Waals surface area contributed by atoms with Crippen LogP contribution in [0.2, 0.25) is 0 Å². The van der Waals surface area contributed by atoms with E-state index in [1.807, 2.05) is 0 Å². The Labute approximate surface area is 176 Å². The lowest BCUT2D eigenvalue weighted by Crippen LogP contribution is -2.41. The maximum Gasteiger partial charge on any atom is 0.422 e. The molecule has 0 atom stereocenters. The van der Waals surface area contributed by atoms with Crippen LogP contribution >= 0.6 is 0 Å². The zero-order chi connectivity index (χ0) is 22.5. The zero-order valence-electron chi connectivity index (χ0n) is 17.6.